The van der Waals surface area contributed by atoms with Crippen LogP contribution in [0.5, 0.6) is 0 Å². The number of aryl methyl sites for hydroxylation is 2. The van der Waals surface area contributed by atoms with Gasteiger partial charge in [0, 0.05) is 54.7 Å². The highest BCUT2D eigenvalue weighted by Crippen LogP contribution is 2.27. The first-order valence-electron chi connectivity index (χ1n) is 7.79. The maximum atomic E-state index is 5.50. The monoisotopic (exact) mass is 320 g/mol. The van der Waals surface area contributed by atoms with Crippen molar-refractivity contribution < 1.29 is 4.74 Å². The Hall–Kier alpha value is -1.21. The summed E-state index contributed by atoms with van der Waals surface area (Å²) in [7, 11) is 1.95. The topological polar surface area (TPSA) is 42.3 Å². The zero-order valence-electron chi connectivity index (χ0n) is 13.3. The molecule has 3 rings (SSSR count). The minimum absolute atomic E-state index is 0.430. The Bertz CT molecular complexity index is 588. The van der Waals surface area contributed by atoms with E-state index in [9.17, 15) is 0 Å². The highest BCUT2D eigenvalue weighted by Gasteiger charge is 2.23. The summed E-state index contributed by atoms with van der Waals surface area (Å²) in [6, 6.07) is 4.92. The van der Waals surface area contributed by atoms with Crippen molar-refractivity contribution in [3.8, 4) is 0 Å². The van der Waals surface area contributed by atoms with E-state index in [2.05, 4.69) is 40.6 Å². The van der Waals surface area contributed by atoms with Crippen molar-refractivity contribution in [3.05, 3.63) is 39.8 Å². The summed E-state index contributed by atoms with van der Waals surface area (Å²) >= 11 is 1.90. The molecule has 120 valence electrons. The van der Waals surface area contributed by atoms with Gasteiger partial charge in [-0.15, -0.1) is 11.3 Å². The van der Waals surface area contributed by atoms with Crippen LogP contribution in [0.4, 0.5) is 0 Å². The van der Waals surface area contributed by atoms with Crippen LogP contribution in [0.3, 0.4) is 0 Å². The summed E-state index contributed by atoms with van der Waals surface area (Å²) in [6.45, 7) is 7.68. The molecule has 1 N–H and O–H groups in total. The van der Waals surface area contributed by atoms with E-state index < -0.39 is 0 Å². The number of rotatable bonds is 6. The molecule has 2 aromatic heterocycles. The molecule has 1 aliphatic rings. The van der Waals surface area contributed by atoms with Crippen LogP contribution in [0.15, 0.2) is 24.5 Å². The summed E-state index contributed by atoms with van der Waals surface area (Å²) in [6.07, 6.45) is 3.98. The first-order valence-corrected chi connectivity index (χ1v) is 8.60. The maximum Gasteiger partial charge on any atom is 0.0594 e. The zero-order chi connectivity index (χ0) is 15.4. The molecule has 5 nitrogen and oxygen atoms in total. The Labute approximate surface area is 135 Å². The van der Waals surface area contributed by atoms with Crippen LogP contribution in [0.25, 0.3) is 0 Å². The van der Waals surface area contributed by atoms with Crippen molar-refractivity contribution in [2.75, 3.05) is 32.8 Å². The number of aromatic nitrogens is 2. The van der Waals surface area contributed by atoms with Crippen LogP contribution in [-0.2, 0) is 18.3 Å². The fourth-order valence-electron chi connectivity index (χ4n) is 2.85. The van der Waals surface area contributed by atoms with Gasteiger partial charge in [-0.25, -0.2) is 0 Å². The SMILES string of the molecule is Cc1ccc([C@@H](CNCc2cnn(C)c2)N2CCOCC2)s1. The van der Waals surface area contributed by atoms with Crippen molar-refractivity contribution in [2.24, 2.45) is 7.05 Å². The molecule has 1 atom stereocenters. The summed E-state index contributed by atoms with van der Waals surface area (Å²) < 4.78 is 7.34. The van der Waals surface area contributed by atoms with Crippen molar-refractivity contribution in [1.29, 1.82) is 0 Å². The quantitative estimate of drug-likeness (QED) is 0.883. The Kier molecular flexibility index (Phi) is 5.25. The first-order chi connectivity index (χ1) is 10.7. The van der Waals surface area contributed by atoms with Crippen LogP contribution in [-0.4, -0.2) is 47.5 Å². The number of nitrogens with one attached hydrogen (secondary N) is 1. The van der Waals surface area contributed by atoms with Gasteiger partial charge < -0.3 is 10.1 Å². The molecule has 0 saturated carbocycles. The molecular formula is C16H24N4OS. The van der Waals surface area contributed by atoms with Gasteiger partial charge in [-0.2, -0.15) is 5.10 Å². The molecule has 0 spiro atoms. The zero-order valence-corrected chi connectivity index (χ0v) is 14.1. The second kappa shape index (κ2) is 7.37. The summed E-state index contributed by atoms with van der Waals surface area (Å²) in [5.41, 5.74) is 1.23. The minimum atomic E-state index is 0.430. The van der Waals surface area contributed by atoms with Gasteiger partial charge in [0.25, 0.3) is 0 Å². The predicted molar refractivity (Wildman–Crippen MR) is 89.1 cm³/mol. The third kappa shape index (κ3) is 3.95. The molecule has 1 saturated heterocycles. The molecule has 0 amide bonds. The molecule has 3 heterocycles. The van der Waals surface area contributed by atoms with E-state index in [1.54, 1.807) is 0 Å². The van der Waals surface area contributed by atoms with Gasteiger partial charge in [-0.3, -0.25) is 9.58 Å². The van der Waals surface area contributed by atoms with Crippen LogP contribution in [0, 0.1) is 6.92 Å². The fourth-order valence-corrected chi connectivity index (χ4v) is 3.86. The van der Waals surface area contributed by atoms with Gasteiger partial charge in [-0.1, -0.05) is 0 Å². The Morgan fingerprint density at radius 3 is 2.82 bits per heavy atom. The molecule has 1 aliphatic heterocycles. The minimum Gasteiger partial charge on any atom is -0.379 e. The van der Waals surface area contributed by atoms with E-state index in [-0.39, 0.29) is 0 Å². The number of morpholine rings is 1. The number of thiophene rings is 1. The van der Waals surface area contributed by atoms with Gasteiger partial charge in [-0.05, 0) is 19.1 Å². The van der Waals surface area contributed by atoms with Gasteiger partial charge in [0.1, 0.15) is 0 Å². The van der Waals surface area contributed by atoms with Crippen LogP contribution >= 0.6 is 11.3 Å². The van der Waals surface area contributed by atoms with Gasteiger partial charge >= 0.3 is 0 Å². The average molecular weight is 320 g/mol. The van der Waals surface area contributed by atoms with E-state index in [1.165, 1.54) is 15.3 Å². The maximum absolute atomic E-state index is 5.50. The van der Waals surface area contributed by atoms with Crippen LogP contribution in [0.1, 0.15) is 21.4 Å². The number of nitrogens with zero attached hydrogens (tertiary/aromatic N) is 3. The molecule has 22 heavy (non-hydrogen) atoms. The second-order valence-corrected chi connectivity index (χ2v) is 7.09. The molecule has 0 unspecified atom stereocenters. The molecular weight excluding hydrogens is 296 g/mol. The van der Waals surface area contributed by atoms with Gasteiger partial charge in [0.2, 0.25) is 0 Å². The van der Waals surface area contributed by atoms with Crippen molar-refractivity contribution in [2.45, 2.75) is 19.5 Å². The van der Waals surface area contributed by atoms with E-state index in [1.807, 2.05) is 29.3 Å². The molecule has 0 aliphatic carbocycles. The van der Waals surface area contributed by atoms with Crippen molar-refractivity contribution in [1.82, 2.24) is 20.0 Å². The largest absolute Gasteiger partial charge is 0.379 e. The van der Waals surface area contributed by atoms with E-state index >= 15 is 0 Å². The highest BCUT2D eigenvalue weighted by atomic mass is 32.1. The van der Waals surface area contributed by atoms with Crippen LogP contribution < -0.4 is 5.32 Å². The van der Waals surface area contributed by atoms with Crippen molar-refractivity contribution >= 4 is 11.3 Å². The molecule has 0 radical (unpaired) electrons. The predicted octanol–water partition coefficient (Wildman–Crippen LogP) is 1.95. The summed E-state index contributed by atoms with van der Waals surface area (Å²) in [4.78, 5) is 5.35. The van der Waals surface area contributed by atoms with E-state index in [4.69, 9.17) is 4.74 Å². The molecule has 2 aromatic rings. The third-order valence-electron chi connectivity index (χ3n) is 4.00. The fraction of sp³-hybridized carbons (Fsp3) is 0.562. The van der Waals surface area contributed by atoms with Crippen LogP contribution in [0.2, 0.25) is 0 Å². The van der Waals surface area contributed by atoms with Crippen molar-refractivity contribution in [3.63, 3.8) is 0 Å². The summed E-state index contributed by atoms with van der Waals surface area (Å²) in [5.74, 6) is 0. The average Bonchev–Trinajstić information content (AvgIpc) is 3.13. The Morgan fingerprint density at radius 1 is 1.36 bits per heavy atom. The lowest BCUT2D eigenvalue weighted by atomic mass is 10.2. The lowest BCUT2D eigenvalue weighted by molar-refractivity contribution is 0.0168. The smallest absolute Gasteiger partial charge is 0.0594 e. The Balaban J connectivity index is 1.62. The lowest BCUT2D eigenvalue weighted by Gasteiger charge is -2.34. The lowest BCUT2D eigenvalue weighted by Crippen LogP contribution is -2.42. The molecule has 0 aromatic carbocycles. The third-order valence-corrected chi connectivity index (χ3v) is 5.10. The summed E-state index contributed by atoms with van der Waals surface area (Å²) in [5, 5.41) is 7.81. The molecule has 1 fully saturated rings. The normalized spacial score (nSPS) is 17.7. The highest BCUT2D eigenvalue weighted by molar-refractivity contribution is 7.12. The van der Waals surface area contributed by atoms with Gasteiger partial charge in [0.05, 0.1) is 25.5 Å². The number of ether oxygens (including phenoxy) is 1. The van der Waals surface area contributed by atoms with E-state index in [0.29, 0.717) is 6.04 Å². The second-order valence-electron chi connectivity index (χ2n) is 5.77. The number of hydrogen-bond acceptors (Lipinski definition) is 5. The number of hydrogen-bond donors (Lipinski definition) is 1. The molecule has 6 heteroatoms. The van der Waals surface area contributed by atoms with Gasteiger partial charge in [0.15, 0.2) is 0 Å². The standard InChI is InChI=1S/C16H24N4OS/c1-13-3-4-16(22-13)15(20-5-7-21-8-6-20)11-17-9-14-10-18-19(2)12-14/h3-4,10,12,15,17H,5-9,11H2,1-2H3/t15-/m1/s1. The van der Waals surface area contributed by atoms with E-state index in [0.717, 1.165) is 39.4 Å². The first kappa shape index (κ1) is 15.7. The molecule has 0 bridgehead atoms. The Morgan fingerprint density at radius 2 is 2.18 bits per heavy atom.